The van der Waals surface area contributed by atoms with Crippen molar-refractivity contribution in [2.45, 2.75) is 19.8 Å². The maximum absolute atomic E-state index is 12.6. The zero-order chi connectivity index (χ0) is 20.2. The molecule has 3 N–H and O–H groups in total. The van der Waals surface area contributed by atoms with Crippen LogP contribution in [0.25, 0.3) is 16.6 Å². The number of nitrogen functional groups attached to an aromatic ring is 1. The SMILES string of the molecule is Cc1nc2ccccc2cc1C(=O)NCCCc1cc(N)n(-c2ccccc2)n1. The normalized spacial score (nSPS) is 10.9. The van der Waals surface area contributed by atoms with E-state index in [4.69, 9.17) is 5.73 Å². The van der Waals surface area contributed by atoms with Crippen molar-refractivity contribution in [3.63, 3.8) is 0 Å². The van der Waals surface area contributed by atoms with E-state index in [1.807, 2.05) is 73.7 Å². The summed E-state index contributed by atoms with van der Waals surface area (Å²) in [7, 11) is 0. The number of para-hydroxylation sites is 2. The topological polar surface area (TPSA) is 85.8 Å². The molecule has 0 saturated carbocycles. The first-order valence-corrected chi connectivity index (χ1v) is 9.66. The minimum atomic E-state index is -0.102. The van der Waals surface area contributed by atoms with Crippen molar-refractivity contribution < 1.29 is 4.79 Å². The van der Waals surface area contributed by atoms with E-state index in [9.17, 15) is 4.79 Å². The Morgan fingerprint density at radius 1 is 1.07 bits per heavy atom. The van der Waals surface area contributed by atoms with E-state index < -0.39 is 0 Å². The molecule has 146 valence electrons. The van der Waals surface area contributed by atoms with Crippen LogP contribution in [0.4, 0.5) is 5.82 Å². The zero-order valence-corrected chi connectivity index (χ0v) is 16.3. The molecule has 6 heteroatoms. The summed E-state index contributed by atoms with van der Waals surface area (Å²) in [6.07, 6.45) is 1.51. The molecule has 0 fully saturated rings. The smallest absolute Gasteiger partial charge is 0.253 e. The van der Waals surface area contributed by atoms with Crippen molar-refractivity contribution in [3.8, 4) is 5.69 Å². The average Bonchev–Trinajstić information content (AvgIpc) is 3.11. The summed E-state index contributed by atoms with van der Waals surface area (Å²) in [5.74, 6) is 0.503. The largest absolute Gasteiger partial charge is 0.384 e. The van der Waals surface area contributed by atoms with Crippen LogP contribution < -0.4 is 11.1 Å². The summed E-state index contributed by atoms with van der Waals surface area (Å²) in [5, 5.41) is 8.52. The van der Waals surface area contributed by atoms with E-state index in [-0.39, 0.29) is 5.91 Å². The quantitative estimate of drug-likeness (QED) is 0.496. The van der Waals surface area contributed by atoms with Gasteiger partial charge in [0.1, 0.15) is 5.82 Å². The highest BCUT2D eigenvalue weighted by Crippen LogP contribution is 2.17. The first-order valence-electron chi connectivity index (χ1n) is 9.66. The monoisotopic (exact) mass is 385 g/mol. The number of aromatic nitrogens is 3. The number of nitrogens with one attached hydrogen (secondary N) is 1. The fraction of sp³-hybridized carbons (Fsp3) is 0.174. The lowest BCUT2D eigenvalue weighted by molar-refractivity contribution is 0.0952. The van der Waals surface area contributed by atoms with Crippen molar-refractivity contribution in [1.29, 1.82) is 0 Å². The van der Waals surface area contributed by atoms with Crippen LogP contribution in [0.3, 0.4) is 0 Å². The van der Waals surface area contributed by atoms with Crippen LogP contribution in [-0.2, 0) is 6.42 Å². The molecular weight excluding hydrogens is 362 g/mol. The zero-order valence-electron chi connectivity index (χ0n) is 16.3. The summed E-state index contributed by atoms with van der Waals surface area (Å²) in [5.41, 5.74) is 10.2. The van der Waals surface area contributed by atoms with Crippen LogP contribution >= 0.6 is 0 Å². The predicted molar refractivity (Wildman–Crippen MR) is 115 cm³/mol. The van der Waals surface area contributed by atoms with Crippen LogP contribution in [0.15, 0.2) is 66.7 Å². The molecule has 0 spiro atoms. The van der Waals surface area contributed by atoms with Crippen molar-refractivity contribution in [3.05, 3.63) is 83.7 Å². The Morgan fingerprint density at radius 3 is 2.66 bits per heavy atom. The van der Waals surface area contributed by atoms with Gasteiger partial charge in [0.2, 0.25) is 0 Å². The van der Waals surface area contributed by atoms with Crippen molar-refractivity contribution in [1.82, 2.24) is 20.1 Å². The van der Waals surface area contributed by atoms with Gasteiger partial charge in [0, 0.05) is 18.0 Å². The third-order valence-electron chi connectivity index (χ3n) is 4.84. The van der Waals surface area contributed by atoms with Crippen LogP contribution in [0.2, 0.25) is 0 Å². The molecule has 4 rings (SSSR count). The number of hydrogen-bond acceptors (Lipinski definition) is 4. The standard InChI is InChI=1S/C23H23N5O/c1-16-20(14-17-8-5-6-12-21(17)26-16)23(29)25-13-7-9-18-15-22(24)28(27-18)19-10-3-2-4-11-19/h2-6,8,10-12,14-15H,7,9,13,24H2,1H3,(H,25,29). The van der Waals surface area contributed by atoms with Gasteiger partial charge in [0.25, 0.3) is 5.91 Å². The van der Waals surface area contributed by atoms with Gasteiger partial charge in [-0.1, -0.05) is 36.4 Å². The van der Waals surface area contributed by atoms with Crippen molar-refractivity contribution >= 4 is 22.6 Å². The molecule has 4 aromatic rings. The van der Waals surface area contributed by atoms with Gasteiger partial charge < -0.3 is 11.1 Å². The minimum absolute atomic E-state index is 0.102. The summed E-state index contributed by atoms with van der Waals surface area (Å²) in [6.45, 7) is 2.42. The molecule has 0 saturated heterocycles. The number of nitrogens with two attached hydrogens (primary N) is 1. The van der Waals surface area contributed by atoms with Gasteiger partial charge >= 0.3 is 0 Å². The number of anilines is 1. The van der Waals surface area contributed by atoms with Crippen LogP contribution in [-0.4, -0.2) is 27.2 Å². The number of pyridine rings is 1. The first-order chi connectivity index (χ1) is 14.1. The highest BCUT2D eigenvalue weighted by atomic mass is 16.1. The molecule has 2 heterocycles. The lowest BCUT2D eigenvalue weighted by atomic mass is 10.1. The van der Waals surface area contributed by atoms with Crippen molar-refractivity contribution in [2.75, 3.05) is 12.3 Å². The van der Waals surface area contributed by atoms with Crippen LogP contribution in [0, 0.1) is 6.92 Å². The lowest BCUT2D eigenvalue weighted by Crippen LogP contribution is -2.25. The fourth-order valence-corrected chi connectivity index (χ4v) is 3.35. The fourth-order valence-electron chi connectivity index (χ4n) is 3.35. The second-order valence-electron chi connectivity index (χ2n) is 6.98. The number of benzene rings is 2. The average molecular weight is 385 g/mol. The van der Waals surface area contributed by atoms with Gasteiger partial charge in [-0.05, 0) is 44.0 Å². The molecule has 0 atom stereocenters. The van der Waals surface area contributed by atoms with Gasteiger partial charge in [-0.3, -0.25) is 9.78 Å². The molecule has 0 radical (unpaired) electrons. The number of rotatable bonds is 6. The molecule has 6 nitrogen and oxygen atoms in total. The summed E-state index contributed by atoms with van der Waals surface area (Å²) >= 11 is 0. The van der Waals surface area contributed by atoms with Crippen LogP contribution in [0.1, 0.15) is 28.2 Å². The number of nitrogens with zero attached hydrogens (tertiary/aromatic N) is 3. The van der Waals surface area contributed by atoms with Gasteiger partial charge in [-0.15, -0.1) is 0 Å². The van der Waals surface area contributed by atoms with Gasteiger partial charge in [-0.2, -0.15) is 5.10 Å². The van der Waals surface area contributed by atoms with E-state index in [2.05, 4.69) is 15.4 Å². The second-order valence-corrected chi connectivity index (χ2v) is 6.98. The van der Waals surface area contributed by atoms with Gasteiger partial charge in [-0.25, -0.2) is 4.68 Å². The molecule has 0 bridgehead atoms. The Balaban J connectivity index is 1.35. The van der Waals surface area contributed by atoms with E-state index in [0.29, 0.717) is 17.9 Å². The van der Waals surface area contributed by atoms with E-state index in [0.717, 1.165) is 40.8 Å². The number of hydrogen-bond donors (Lipinski definition) is 2. The first kappa shape index (κ1) is 18.7. The minimum Gasteiger partial charge on any atom is -0.384 e. The van der Waals surface area contributed by atoms with Crippen LogP contribution in [0.5, 0.6) is 0 Å². The Hall–Kier alpha value is -3.67. The third-order valence-corrected chi connectivity index (χ3v) is 4.84. The number of carbonyl (C=O) groups is 1. The molecule has 2 aromatic heterocycles. The molecule has 2 aromatic carbocycles. The second kappa shape index (κ2) is 8.14. The van der Waals surface area contributed by atoms with Gasteiger partial charge in [0.15, 0.2) is 0 Å². The summed E-state index contributed by atoms with van der Waals surface area (Å²) in [4.78, 5) is 17.1. The number of amides is 1. The Bertz CT molecular complexity index is 1150. The Kier molecular flexibility index (Phi) is 5.24. The maximum Gasteiger partial charge on any atom is 0.253 e. The third kappa shape index (κ3) is 4.11. The van der Waals surface area contributed by atoms with E-state index >= 15 is 0 Å². The highest BCUT2D eigenvalue weighted by Gasteiger charge is 2.12. The predicted octanol–water partition coefficient (Wildman–Crippen LogP) is 3.67. The van der Waals surface area contributed by atoms with E-state index in [1.165, 1.54) is 0 Å². The molecule has 0 aliphatic heterocycles. The maximum atomic E-state index is 12.6. The number of fused-ring (bicyclic) bond motifs is 1. The molecule has 1 amide bonds. The molecule has 29 heavy (non-hydrogen) atoms. The van der Waals surface area contributed by atoms with Crippen molar-refractivity contribution in [2.24, 2.45) is 0 Å². The Morgan fingerprint density at radius 2 is 1.83 bits per heavy atom. The summed E-state index contributed by atoms with van der Waals surface area (Å²) in [6, 6.07) is 21.4. The molecule has 0 aliphatic carbocycles. The Labute approximate surface area is 169 Å². The summed E-state index contributed by atoms with van der Waals surface area (Å²) < 4.78 is 1.73. The molecule has 0 unspecified atom stereocenters. The van der Waals surface area contributed by atoms with Gasteiger partial charge in [0.05, 0.1) is 28.2 Å². The highest BCUT2D eigenvalue weighted by molar-refractivity contribution is 5.98. The number of aryl methyl sites for hydroxylation is 2. The molecule has 0 aliphatic rings. The van der Waals surface area contributed by atoms with E-state index in [1.54, 1.807) is 4.68 Å². The lowest BCUT2D eigenvalue weighted by Gasteiger charge is -2.08. The number of carbonyl (C=O) groups excluding carboxylic acids is 1. The molecular formula is C23H23N5O.